The van der Waals surface area contributed by atoms with Gasteiger partial charge in [0.15, 0.2) is 0 Å². The molecule has 46 heavy (non-hydrogen) atoms. The van der Waals surface area contributed by atoms with E-state index in [-0.39, 0.29) is 0 Å². The second-order valence-electron chi connectivity index (χ2n) is 12.9. The van der Waals surface area contributed by atoms with Gasteiger partial charge in [0.25, 0.3) is 0 Å². The number of hydrogen-bond acceptors (Lipinski definition) is 7. The lowest BCUT2D eigenvalue weighted by atomic mass is 9.84. The molecule has 10 nitrogen and oxygen atoms in total. The van der Waals surface area contributed by atoms with Crippen LogP contribution in [0.4, 0.5) is 16.4 Å². The maximum atomic E-state index is 13.3. The second-order valence-corrected chi connectivity index (χ2v) is 15.5. The minimum Gasteiger partial charge on any atom is -0.465 e. The molecule has 1 aliphatic heterocycles. The lowest BCUT2D eigenvalue weighted by molar-refractivity contribution is 0.175. The monoisotopic (exact) mass is 644 g/mol. The number of aliphatic imine (C=N–C) groups is 1. The molecular formula is C35H44N6O4S. The second kappa shape index (κ2) is 13.5. The number of pyridine rings is 1. The third-order valence-corrected chi connectivity index (χ3v) is 11.1. The van der Waals surface area contributed by atoms with Crippen LogP contribution in [0.1, 0.15) is 50.8 Å². The number of amides is 1. The van der Waals surface area contributed by atoms with Gasteiger partial charge in [0.05, 0.1) is 28.9 Å². The van der Waals surface area contributed by atoms with Crippen molar-refractivity contribution in [3.63, 3.8) is 0 Å². The fourth-order valence-corrected chi connectivity index (χ4v) is 6.86. The van der Waals surface area contributed by atoms with E-state index >= 15 is 0 Å². The molecule has 1 amide bonds. The summed E-state index contributed by atoms with van der Waals surface area (Å²) in [4.78, 5) is 23.8. The molecule has 0 saturated heterocycles. The molecule has 1 aromatic heterocycles. The molecule has 2 heterocycles. The van der Waals surface area contributed by atoms with Crippen LogP contribution in [0.5, 0.6) is 0 Å². The summed E-state index contributed by atoms with van der Waals surface area (Å²) in [7, 11) is -2.14. The summed E-state index contributed by atoms with van der Waals surface area (Å²) in [5, 5.41) is 15.1. The number of carboxylic acid groups (broad SMARTS) is 1. The molecule has 3 N–H and O–H groups in total. The molecule has 2 aromatic carbocycles. The average molecular weight is 645 g/mol. The van der Waals surface area contributed by atoms with E-state index in [1.165, 1.54) is 11.4 Å². The third-order valence-electron chi connectivity index (χ3n) is 8.94. The predicted octanol–water partition coefficient (Wildman–Crippen LogP) is 5.53. The first-order valence-electron chi connectivity index (χ1n) is 15.7. The highest BCUT2D eigenvalue weighted by Crippen LogP contribution is 2.40. The Balaban J connectivity index is 1.59. The van der Waals surface area contributed by atoms with Crippen LogP contribution in [-0.4, -0.2) is 61.4 Å². The summed E-state index contributed by atoms with van der Waals surface area (Å²) < 4.78 is 27.9. The van der Waals surface area contributed by atoms with E-state index in [2.05, 4.69) is 39.6 Å². The van der Waals surface area contributed by atoms with Crippen molar-refractivity contribution in [2.75, 3.05) is 22.8 Å². The van der Waals surface area contributed by atoms with Gasteiger partial charge in [-0.15, -0.1) is 0 Å². The van der Waals surface area contributed by atoms with Gasteiger partial charge >= 0.3 is 6.09 Å². The lowest BCUT2D eigenvalue weighted by Crippen LogP contribution is -2.60. The SMILES string of the molecule is CC1CC1CN(Cc1ccccc1)c1cc(C2=CC([C@@](C)(Cc3ccccc3)NC(=O)O)NC=N2)cc(N(C)S(=O)(=O)C(C)C)n1. The van der Waals surface area contributed by atoms with E-state index in [9.17, 15) is 18.3 Å². The summed E-state index contributed by atoms with van der Waals surface area (Å²) in [6.45, 7) is 8.82. The largest absolute Gasteiger partial charge is 0.465 e. The number of nitrogens with one attached hydrogen (secondary N) is 2. The van der Waals surface area contributed by atoms with E-state index < -0.39 is 32.9 Å². The first-order chi connectivity index (χ1) is 21.9. The predicted molar refractivity (Wildman–Crippen MR) is 185 cm³/mol. The number of anilines is 2. The van der Waals surface area contributed by atoms with Crippen LogP contribution in [-0.2, 0) is 23.0 Å². The van der Waals surface area contributed by atoms with Crippen molar-refractivity contribution in [1.82, 2.24) is 15.6 Å². The fourth-order valence-electron chi connectivity index (χ4n) is 5.87. The van der Waals surface area contributed by atoms with Gasteiger partial charge in [-0.1, -0.05) is 67.6 Å². The molecule has 244 valence electrons. The zero-order valence-corrected chi connectivity index (χ0v) is 27.9. The molecule has 0 bridgehead atoms. The maximum absolute atomic E-state index is 13.3. The molecule has 0 radical (unpaired) electrons. The normalized spacial score (nSPS) is 20.3. The Morgan fingerprint density at radius 3 is 2.26 bits per heavy atom. The highest BCUT2D eigenvalue weighted by Gasteiger charge is 2.37. The fraction of sp³-hybridized carbons (Fsp3) is 0.400. The van der Waals surface area contributed by atoms with Crippen molar-refractivity contribution in [3.8, 4) is 0 Å². The highest BCUT2D eigenvalue weighted by molar-refractivity contribution is 7.93. The third kappa shape index (κ3) is 7.70. The summed E-state index contributed by atoms with van der Waals surface area (Å²) in [5.74, 6) is 2.09. The summed E-state index contributed by atoms with van der Waals surface area (Å²) in [6.07, 6.45) is 3.93. The standard InChI is InChI=1S/C35H44N6O4S/c1-24(2)46(44,45)40(5)32-17-28(18-33(38-32)41(22-29-16-25(29)3)21-27-14-10-7-11-15-27)30-19-31(37-23-36-30)35(4,39-34(42)43)20-26-12-8-6-9-13-26/h6-15,17-19,23-25,29,31,39H,16,20-22H2,1-5H3,(H,36,37)(H,42,43)/t25?,29?,31?,35-/m1/s1. The van der Waals surface area contributed by atoms with Crippen LogP contribution < -0.4 is 19.8 Å². The lowest BCUT2D eigenvalue weighted by Gasteiger charge is -2.37. The van der Waals surface area contributed by atoms with E-state index in [0.717, 1.165) is 24.1 Å². The molecule has 5 rings (SSSR count). The first kappa shape index (κ1) is 33.0. The Morgan fingerprint density at radius 2 is 1.67 bits per heavy atom. The average Bonchev–Trinajstić information content (AvgIpc) is 3.74. The Morgan fingerprint density at radius 1 is 1.07 bits per heavy atom. The van der Waals surface area contributed by atoms with E-state index in [4.69, 9.17) is 4.98 Å². The summed E-state index contributed by atoms with van der Waals surface area (Å²) >= 11 is 0. The van der Waals surface area contributed by atoms with E-state index in [1.54, 1.807) is 26.3 Å². The number of nitrogens with zero attached hydrogens (tertiary/aromatic N) is 4. The van der Waals surface area contributed by atoms with Gasteiger partial charge in [-0.05, 0) is 74.8 Å². The Hall–Kier alpha value is -4.38. The van der Waals surface area contributed by atoms with Crippen molar-refractivity contribution in [3.05, 3.63) is 95.6 Å². The van der Waals surface area contributed by atoms with Crippen molar-refractivity contribution >= 4 is 39.8 Å². The Labute approximate surface area is 272 Å². The van der Waals surface area contributed by atoms with Crippen molar-refractivity contribution in [2.45, 2.75) is 63.9 Å². The van der Waals surface area contributed by atoms with Gasteiger partial charge in [0.2, 0.25) is 10.0 Å². The van der Waals surface area contributed by atoms with Gasteiger partial charge in [0.1, 0.15) is 11.6 Å². The number of hydrogen-bond donors (Lipinski definition) is 3. The number of carbonyl (C=O) groups is 1. The topological polar surface area (TPSA) is 127 Å². The summed E-state index contributed by atoms with van der Waals surface area (Å²) in [5.41, 5.74) is 2.46. The minimum absolute atomic E-state index is 0.296. The van der Waals surface area contributed by atoms with Crippen molar-refractivity contribution < 1.29 is 18.3 Å². The zero-order chi connectivity index (χ0) is 33.1. The van der Waals surface area contributed by atoms with Gasteiger partial charge < -0.3 is 20.6 Å². The Bertz CT molecular complexity index is 1700. The van der Waals surface area contributed by atoms with Crippen LogP contribution in [0, 0.1) is 11.8 Å². The van der Waals surface area contributed by atoms with Crippen molar-refractivity contribution in [2.24, 2.45) is 16.8 Å². The van der Waals surface area contributed by atoms with Crippen LogP contribution in [0.15, 0.2) is 83.9 Å². The number of aromatic nitrogens is 1. The number of sulfonamides is 1. The molecule has 1 fully saturated rings. The molecule has 11 heteroatoms. The van der Waals surface area contributed by atoms with Gasteiger partial charge in [-0.2, -0.15) is 0 Å². The molecule has 3 unspecified atom stereocenters. The highest BCUT2D eigenvalue weighted by atomic mass is 32.2. The van der Waals surface area contributed by atoms with E-state index in [0.29, 0.717) is 47.7 Å². The molecule has 2 aliphatic rings. The summed E-state index contributed by atoms with van der Waals surface area (Å²) in [6, 6.07) is 23.1. The molecule has 3 aromatic rings. The minimum atomic E-state index is -3.67. The molecular weight excluding hydrogens is 600 g/mol. The van der Waals surface area contributed by atoms with Crippen LogP contribution >= 0.6 is 0 Å². The number of rotatable bonds is 13. The van der Waals surface area contributed by atoms with Gasteiger partial charge in [0, 0.05) is 25.7 Å². The molecule has 1 saturated carbocycles. The zero-order valence-electron chi connectivity index (χ0n) is 27.1. The first-order valence-corrected chi connectivity index (χ1v) is 17.2. The molecule has 0 spiro atoms. The van der Waals surface area contributed by atoms with Gasteiger partial charge in [-0.25, -0.2) is 23.2 Å². The Kier molecular flexibility index (Phi) is 9.71. The smallest absolute Gasteiger partial charge is 0.405 e. The van der Waals surface area contributed by atoms with Crippen LogP contribution in [0.2, 0.25) is 0 Å². The quantitative estimate of drug-likeness (QED) is 0.223. The number of benzene rings is 2. The van der Waals surface area contributed by atoms with Crippen molar-refractivity contribution in [1.29, 1.82) is 0 Å². The molecule has 4 atom stereocenters. The van der Waals surface area contributed by atoms with Crippen LogP contribution in [0.25, 0.3) is 5.70 Å². The maximum Gasteiger partial charge on any atom is 0.405 e. The van der Waals surface area contributed by atoms with Gasteiger partial charge in [-0.3, -0.25) is 4.31 Å². The van der Waals surface area contributed by atoms with E-state index in [1.807, 2.05) is 67.6 Å². The van der Waals surface area contributed by atoms with Crippen LogP contribution in [0.3, 0.4) is 0 Å². The molecule has 1 aliphatic carbocycles.